The molecular weight excluding hydrogens is 849 g/mol. The van der Waals surface area contributed by atoms with Gasteiger partial charge in [0, 0.05) is 69.0 Å². The van der Waals surface area contributed by atoms with Crippen LogP contribution in [0.25, 0.3) is 5.52 Å². The number of likely N-dealkylation sites (tertiary alicyclic amines) is 2. The molecule has 4 amide bonds. The predicted molar refractivity (Wildman–Crippen MR) is 256 cm³/mol. The molecule has 4 saturated heterocycles. The number of imide groups is 1. The van der Waals surface area contributed by atoms with Gasteiger partial charge in [0.05, 0.1) is 23.4 Å². The standard InChI is InChI=1S/C26H32N6O2.C25H32N4O4/c1-17(2)23-21(10-7-18-11-13-31(3)14-12-18)22(24-25(27)28-16-29-32(23)24)26(33)30-20-8-5-19(6-9-20)15-34-4;30-15-1-10-27-11-6-25(7-12-27)8-13-28(14-9-25)19-2-3-20-18(16-19)17-29(24(20)33)21-4-5-22(31)26-23(21)32/h5-6,8-9,16-18H,11-15H2,1-4H3,(H,30,33)(H2,27,28,29);2-3,15-16,21H,1,4-14,17H2,(H,26,31,32). The van der Waals surface area contributed by atoms with E-state index in [1.165, 1.54) is 32.0 Å². The lowest BCUT2D eigenvalue weighted by atomic mass is 9.71. The van der Waals surface area contributed by atoms with Crippen molar-refractivity contribution in [2.24, 2.45) is 11.3 Å². The number of piperidine rings is 4. The molecule has 2 aromatic heterocycles. The minimum absolute atomic E-state index is 0.0819. The zero-order valence-corrected chi connectivity index (χ0v) is 39.3. The van der Waals surface area contributed by atoms with Crippen LogP contribution in [0.4, 0.5) is 17.2 Å². The molecule has 0 aliphatic carbocycles. The van der Waals surface area contributed by atoms with Crippen LogP contribution in [0.3, 0.4) is 0 Å². The van der Waals surface area contributed by atoms with Gasteiger partial charge in [-0.25, -0.2) is 9.50 Å². The normalized spacial score (nSPS) is 20.0. The van der Waals surface area contributed by atoms with Crippen molar-refractivity contribution >= 4 is 52.6 Å². The minimum Gasteiger partial charge on any atom is -0.382 e. The van der Waals surface area contributed by atoms with Crippen LogP contribution in [0.1, 0.15) is 121 Å². The van der Waals surface area contributed by atoms with Gasteiger partial charge in [-0.2, -0.15) is 5.10 Å². The van der Waals surface area contributed by atoms with Gasteiger partial charge in [0.15, 0.2) is 5.82 Å². The molecule has 2 aromatic carbocycles. The third kappa shape index (κ3) is 10.5. The lowest BCUT2D eigenvalue weighted by molar-refractivity contribution is -0.137. The second-order valence-electron chi connectivity index (χ2n) is 19.2. The first-order valence-electron chi connectivity index (χ1n) is 23.8. The van der Waals surface area contributed by atoms with E-state index in [0.717, 1.165) is 87.4 Å². The van der Waals surface area contributed by atoms with E-state index in [1.54, 1.807) is 16.5 Å². The molecule has 354 valence electrons. The first-order valence-corrected chi connectivity index (χ1v) is 23.8. The summed E-state index contributed by atoms with van der Waals surface area (Å²) in [6, 6.07) is 13.0. The Balaban J connectivity index is 0.000000182. The van der Waals surface area contributed by atoms with Gasteiger partial charge in [0.25, 0.3) is 11.8 Å². The molecule has 0 saturated carbocycles. The fraction of sp³-hybridized carbons (Fsp3) is 0.510. The number of methoxy groups -OCH3 is 1. The Morgan fingerprint density at radius 2 is 1.72 bits per heavy atom. The van der Waals surface area contributed by atoms with Gasteiger partial charge in [0.2, 0.25) is 11.8 Å². The van der Waals surface area contributed by atoms with Gasteiger partial charge in [-0.1, -0.05) is 37.8 Å². The highest BCUT2D eigenvalue weighted by molar-refractivity contribution is 6.13. The molecular formula is C51H64N10O6. The van der Waals surface area contributed by atoms with Crippen molar-refractivity contribution in [2.75, 3.05) is 75.9 Å². The Morgan fingerprint density at radius 3 is 2.39 bits per heavy atom. The molecule has 0 radical (unpaired) electrons. The van der Waals surface area contributed by atoms with E-state index >= 15 is 0 Å². The summed E-state index contributed by atoms with van der Waals surface area (Å²) in [6.45, 7) is 12.2. The topological polar surface area (TPSA) is 188 Å². The number of nitrogens with one attached hydrogen (secondary N) is 2. The van der Waals surface area contributed by atoms with Gasteiger partial charge >= 0.3 is 0 Å². The zero-order chi connectivity index (χ0) is 47.2. The van der Waals surface area contributed by atoms with Crippen LogP contribution in [0.2, 0.25) is 0 Å². The van der Waals surface area contributed by atoms with Crippen molar-refractivity contribution in [1.29, 1.82) is 0 Å². The first kappa shape index (κ1) is 47.3. The fourth-order valence-electron chi connectivity index (χ4n) is 10.4. The van der Waals surface area contributed by atoms with E-state index in [1.807, 2.05) is 36.4 Å². The Morgan fingerprint density at radius 1 is 1.00 bits per heavy atom. The fourth-order valence-corrected chi connectivity index (χ4v) is 10.4. The van der Waals surface area contributed by atoms with Crippen LogP contribution in [0.5, 0.6) is 0 Å². The summed E-state index contributed by atoms with van der Waals surface area (Å²) >= 11 is 0. The molecule has 5 aliphatic rings. The highest BCUT2D eigenvalue weighted by atomic mass is 16.5. The average Bonchev–Trinajstić information content (AvgIpc) is 3.84. The molecule has 67 heavy (non-hydrogen) atoms. The summed E-state index contributed by atoms with van der Waals surface area (Å²) in [5, 5.41) is 9.79. The van der Waals surface area contributed by atoms with E-state index in [2.05, 4.69) is 74.2 Å². The van der Waals surface area contributed by atoms with Crippen LogP contribution < -0.4 is 21.3 Å². The number of nitrogen functional groups attached to an aromatic ring is 1. The van der Waals surface area contributed by atoms with E-state index in [4.69, 9.17) is 10.5 Å². The number of fused-ring (bicyclic) bond motifs is 2. The largest absolute Gasteiger partial charge is 0.382 e. The van der Waals surface area contributed by atoms with Crippen LogP contribution in [0.15, 0.2) is 48.8 Å². The number of hydrogen-bond donors (Lipinski definition) is 3. The van der Waals surface area contributed by atoms with E-state index < -0.39 is 6.04 Å². The molecule has 16 heteroatoms. The number of carbonyl (C=O) groups is 5. The number of benzene rings is 2. The van der Waals surface area contributed by atoms with E-state index in [9.17, 15) is 24.0 Å². The third-order valence-corrected chi connectivity index (χ3v) is 14.4. The molecule has 16 nitrogen and oxygen atoms in total. The van der Waals surface area contributed by atoms with Gasteiger partial charge in [-0.15, -0.1) is 0 Å². The average molecular weight is 913 g/mol. The minimum atomic E-state index is -0.571. The van der Waals surface area contributed by atoms with Crippen molar-refractivity contribution in [3.8, 4) is 11.8 Å². The Hall–Kier alpha value is -6.15. The van der Waals surface area contributed by atoms with Crippen molar-refractivity contribution in [1.82, 2.24) is 34.6 Å². The van der Waals surface area contributed by atoms with Crippen molar-refractivity contribution in [2.45, 2.75) is 96.7 Å². The monoisotopic (exact) mass is 913 g/mol. The number of hydrogen-bond acceptors (Lipinski definition) is 12. The number of amides is 4. The van der Waals surface area contributed by atoms with Crippen molar-refractivity contribution in [3.63, 3.8) is 0 Å². The van der Waals surface area contributed by atoms with E-state index in [0.29, 0.717) is 65.2 Å². The molecule has 5 aliphatic heterocycles. The number of nitrogens with zero attached hydrogens (tertiary/aromatic N) is 7. The number of aromatic nitrogens is 3. The summed E-state index contributed by atoms with van der Waals surface area (Å²) in [5.74, 6) is 6.41. The van der Waals surface area contributed by atoms with Crippen molar-refractivity contribution in [3.05, 3.63) is 82.3 Å². The Labute approximate surface area is 392 Å². The predicted octanol–water partition coefficient (Wildman–Crippen LogP) is 5.25. The number of ether oxygens (including phenoxy) is 1. The summed E-state index contributed by atoms with van der Waals surface area (Å²) in [7, 11) is 3.79. The number of nitrogens with two attached hydrogens (primary N) is 1. The maximum absolute atomic E-state index is 13.6. The van der Waals surface area contributed by atoms with Gasteiger partial charge in [0.1, 0.15) is 24.2 Å². The second kappa shape index (κ2) is 20.8. The number of carbonyl (C=O) groups excluding carboxylic acids is 5. The quantitative estimate of drug-likeness (QED) is 0.107. The van der Waals surface area contributed by atoms with Gasteiger partial charge < -0.3 is 40.2 Å². The summed E-state index contributed by atoms with van der Waals surface area (Å²) in [5.41, 5.74) is 13.6. The second-order valence-corrected chi connectivity index (χ2v) is 19.2. The highest BCUT2D eigenvalue weighted by Crippen LogP contribution is 2.43. The maximum Gasteiger partial charge on any atom is 0.259 e. The number of rotatable bonds is 10. The highest BCUT2D eigenvalue weighted by Gasteiger charge is 2.41. The summed E-state index contributed by atoms with van der Waals surface area (Å²) in [6.07, 6.45) is 10.5. The van der Waals surface area contributed by atoms with Crippen molar-refractivity contribution < 1.29 is 28.7 Å². The molecule has 0 bridgehead atoms. The molecule has 1 unspecified atom stereocenters. The van der Waals surface area contributed by atoms with E-state index in [-0.39, 0.29) is 41.8 Å². The molecule has 4 aromatic rings. The molecule has 4 fully saturated rings. The number of aldehydes is 1. The lowest BCUT2D eigenvalue weighted by Gasteiger charge is -2.47. The zero-order valence-electron chi connectivity index (χ0n) is 39.3. The molecule has 1 atom stereocenters. The van der Waals surface area contributed by atoms with Gasteiger partial charge in [-0.3, -0.25) is 24.5 Å². The van der Waals surface area contributed by atoms with Crippen LogP contribution in [0, 0.1) is 23.2 Å². The molecule has 4 N–H and O–H groups in total. The van der Waals surface area contributed by atoms with Crippen LogP contribution in [-0.2, 0) is 32.3 Å². The van der Waals surface area contributed by atoms with Gasteiger partial charge in [-0.05, 0) is 131 Å². The van der Waals surface area contributed by atoms with Crippen LogP contribution in [-0.4, -0.2) is 125 Å². The Kier molecular flexibility index (Phi) is 14.7. The third-order valence-electron chi connectivity index (χ3n) is 14.4. The van der Waals surface area contributed by atoms with Crippen LogP contribution >= 0.6 is 0 Å². The summed E-state index contributed by atoms with van der Waals surface area (Å²) < 4.78 is 6.89. The molecule has 7 heterocycles. The smallest absolute Gasteiger partial charge is 0.259 e. The maximum atomic E-state index is 13.6. The molecule has 9 rings (SSSR count). The first-order chi connectivity index (χ1) is 32.4. The summed E-state index contributed by atoms with van der Waals surface area (Å²) in [4.78, 5) is 73.8. The SMILES string of the molecule is COCc1ccc(NC(=O)c2c(C#CC3CCN(C)CC3)c(C(C)C)n3ncnc(N)c23)cc1.O=CCCN1CCC2(CC1)CCN(c1ccc3c(c1)CN(C1CCC(=O)NC1=O)C3=O)CC2. The number of anilines is 3. The molecule has 1 spiro atoms. The lowest BCUT2D eigenvalue weighted by Crippen LogP contribution is -2.52. The Bertz CT molecular complexity index is 2540.